The fourth-order valence-electron chi connectivity index (χ4n) is 1.64. The van der Waals surface area contributed by atoms with Crippen molar-refractivity contribution < 1.29 is 0 Å². The second-order valence-electron chi connectivity index (χ2n) is 3.23. The van der Waals surface area contributed by atoms with Crippen molar-refractivity contribution >= 4 is 32.3 Å². The maximum atomic E-state index is 4.34. The van der Waals surface area contributed by atoms with Crippen molar-refractivity contribution in [1.82, 2.24) is 9.38 Å². The summed E-state index contributed by atoms with van der Waals surface area (Å²) in [6.45, 7) is 0. The van der Waals surface area contributed by atoms with Gasteiger partial charge in [0, 0.05) is 12.4 Å². The van der Waals surface area contributed by atoms with Gasteiger partial charge in [-0.15, -0.1) is 0 Å². The second-order valence-corrected chi connectivity index (χ2v) is 4.04. The van der Waals surface area contributed by atoms with Gasteiger partial charge in [-0.25, -0.2) is 4.98 Å². The zero-order chi connectivity index (χ0) is 9.54. The molecule has 3 heteroatoms. The normalized spacial score (nSPS) is 11.2. The minimum atomic E-state index is 0.868. The van der Waals surface area contributed by atoms with E-state index in [1.807, 2.05) is 22.7 Å². The summed E-state index contributed by atoms with van der Waals surface area (Å²) >= 11 is 3.37. The molecule has 0 amide bonds. The lowest BCUT2D eigenvalue weighted by atomic mass is 10.2. The van der Waals surface area contributed by atoms with Crippen LogP contribution in [0.5, 0.6) is 0 Å². The van der Waals surface area contributed by atoms with Gasteiger partial charge in [0.15, 0.2) is 0 Å². The molecule has 68 valence electrons. The highest BCUT2D eigenvalue weighted by Crippen LogP contribution is 2.18. The number of imidazole rings is 1. The number of nitrogens with zero attached hydrogens (tertiary/aromatic N) is 2. The molecule has 1 aromatic carbocycles. The summed E-state index contributed by atoms with van der Waals surface area (Å²) in [6.07, 6.45) is 4.05. The second kappa shape index (κ2) is 2.82. The molecule has 3 rings (SSSR count). The molecule has 0 radical (unpaired) electrons. The van der Waals surface area contributed by atoms with Crippen molar-refractivity contribution in [3.8, 4) is 0 Å². The van der Waals surface area contributed by atoms with Crippen LogP contribution < -0.4 is 0 Å². The number of hydrogen-bond acceptors (Lipinski definition) is 1. The van der Waals surface area contributed by atoms with Crippen LogP contribution in [0.2, 0.25) is 0 Å². The molecule has 0 fully saturated rings. The Morgan fingerprint density at radius 3 is 2.71 bits per heavy atom. The number of pyridine rings is 1. The zero-order valence-corrected chi connectivity index (χ0v) is 8.90. The molecule has 0 aliphatic rings. The number of fused-ring (bicyclic) bond motifs is 2. The van der Waals surface area contributed by atoms with Crippen molar-refractivity contribution in [3.63, 3.8) is 0 Å². The van der Waals surface area contributed by atoms with E-state index in [4.69, 9.17) is 0 Å². The average molecular weight is 247 g/mol. The molecule has 0 aliphatic heterocycles. The Morgan fingerprint density at radius 1 is 1.07 bits per heavy atom. The van der Waals surface area contributed by atoms with Crippen molar-refractivity contribution in [1.29, 1.82) is 0 Å². The van der Waals surface area contributed by atoms with Gasteiger partial charge in [0.05, 0.1) is 0 Å². The maximum Gasteiger partial charge on any atom is 0.138 e. The van der Waals surface area contributed by atoms with Crippen LogP contribution in [-0.2, 0) is 0 Å². The van der Waals surface area contributed by atoms with Gasteiger partial charge in [0.1, 0.15) is 10.3 Å². The fourth-order valence-corrected chi connectivity index (χ4v) is 2.04. The van der Waals surface area contributed by atoms with Crippen LogP contribution in [0.1, 0.15) is 0 Å². The fraction of sp³-hybridized carbons (Fsp3) is 0. The van der Waals surface area contributed by atoms with Gasteiger partial charge in [-0.3, -0.25) is 0 Å². The Balaban J connectivity index is 2.51. The Labute approximate surface area is 89.3 Å². The molecule has 0 bridgehead atoms. The van der Waals surface area contributed by atoms with Gasteiger partial charge in [0.25, 0.3) is 0 Å². The van der Waals surface area contributed by atoms with Gasteiger partial charge in [-0.1, -0.05) is 24.3 Å². The molecular weight excluding hydrogens is 240 g/mol. The summed E-state index contributed by atoms with van der Waals surface area (Å²) in [5.41, 5.74) is 0.968. The van der Waals surface area contributed by atoms with Crippen molar-refractivity contribution in [2.24, 2.45) is 0 Å². The van der Waals surface area contributed by atoms with Gasteiger partial charge in [-0.2, -0.15) is 0 Å². The molecule has 3 aromatic rings. The molecule has 14 heavy (non-hydrogen) atoms. The lowest BCUT2D eigenvalue weighted by Gasteiger charge is -1.98. The monoisotopic (exact) mass is 246 g/mol. The lowest BCUT2D eigenvalue weighted by Crippen LogP contribution is -1.82. The minimum absolute atomic E-state index is 0.868. The maximum absolute atomic E-state index is 4.34. The van der Waals surface area contributed by atoms with E-state index in [2.05, 4.69) is 45.3 Å². The van der Waals surface area contributed by atoms with Gasteiger partial charge >= 0.3 is 0 Å². The first-order valence-corrected chi connectivity index (χ1v) is 5.15. The average Bonchev–Trinajstić information content (AvgIpc) is 2.53. The molecule has 2 heterocycles. The Morgan fingerprint density at radius 2 is 1.86 bits per heavy atom. The highest BCUT2D eigenvalue weighted by Gasteiger charge is 1.99. The summed E-state index contributed by atoms with van der Waals surface area (Å²) in [5.74, 6) is 0. The number of benzene rings is 1. The summed E-state index contributed by atoms with van der Waals surface area (Å²) in [6, 6.07) is 10.4. The van der Waals surface area contributed by atoms with Crippen LogP contribution in [-0.4, -0.2) is 9.38 Å². The SMILES string of the molecule is Brc1cn2cc3ccccc3cc2n1. The Bertz CT molecular complexity index is 560. The molecule has 2 aromatic heterocycles. The molecule has 0 saturated heterocycles. The van der Waals surface area contributed by atoms with Crippen LogP contribution in [0.25, 0.3) is 16.4 Å². The highest BCUT2D eigenvalue weighted by atomic mass is 79.9. The Hall–Kier alpha value is -1.35. The van der Waals surface area contributed by atoms with E-state index in [-0.39, 0.29) is 0 Å². The van der Waals surface area contributed by atoms with Crippen LogP contribution in [0.3, 0.4) is 0 Å². The van der Waals surface area contributed by atoms with E-state index in [1.54, 1.807) is 0 Å². The molecule has 2 nitrogen and oxygen atoms in total. The summed E-state index contributed by atoms with van der Waals surface area (Å²) < 4.78 is 2.89. The van der Waals surface area contributed by atoms with E-state index < -0.39 is 0 Å². The lowest BCUT2D eigenvalue weighted by molar-refractivity contribution is 1.21. The smallest absolute Gasteiger partial charge is 0.138 e. The minimum Gasteiger partial charge on any atom is -0.305 e. The topological polar surface area (TPSA) is 17.3 Å². The van der Waals surface area contributed by atoms with E-state index in [9.17, 15) is 0 Å². The van der Waals surface area contributed by atoms with E-state index in [1.165, 1.54) is 10.8 Å². The molecule has 0 saturated carbocycles. The number of aromatic nitrogens is 2. The predicted molar refractivity (Wildman–Crippen MR) is 60.4 cm³/mol. The first kappa shape index (κ1) is 8.00. The van der Waals surface area contributed by atoms with Crippen LogP contribution in [0.4, 0.5) is 0 Å². The zero-order valence-electron chi connectivity index (χ0n) is 7.31. The molecule has 0 aliphatic carbocycles. The number of rotatable bonds is 0. The van der Waals surface area contributed by atoms with Gasteiger partial charge in [-0.05, 0) is 32.8 Å². The van der Waals surface area contributed by atoms with E-state index in [0.717, 1.165) is 10.3 Å². The predicted octanol–water partition coefficient (Wildman–Crippen LogP) is 3.25. The summed E-state index contributed by atoms with van der Waals surface area (Å²) in [5, 5.41) is 2.45. The van der Waals surface area contributed by atoms with Crippen LogP contribution >= 0.6 is 15.9 Å². The van der Waals surface area contributed by atoms with Crippen molar-refractivity contribution in [2.45, 2.75) is 0 Å². The molecule has 0 spiro atoms. The van der Waals surface area contributed by atoms with Gasteiger partial charge < -0.3 is 4.40 Å². The van der Waals surface area contributed by atoms with E-state index in [0.29, 0.717) is 0 Å². The van der Waals surface area contributed by atoms with Crippen LogP contribution in [0, 0.1) is 0 Å². The summed E-state index contributed by atoms with van der Waals surface area (Å²) in [4.78, 5) is 4.34. The van der Waals surface area contributed by atoms with Gasteiger partial charge in [0.2, 0.25) is 0 Å². The third-order valence-electron chi connectivity index (χ3n) is 2.29. The molecule has 0 unspecified atom stereocenters. The third kappa shape index (κ3) is 1.13. The van der Waals surface area contributed by atoms with E-state index >= 15 is 0 Å². The standard InChI is InChI=1S/C11H7BrN2/c12-10-7-14-6-9-4-2-1-3-8(9)5-11(14)13-10/h1-7H. The largest absolute Gasteiger partial charge is 0.305 e. The van der Waals surface area contributed by atoms with Crippen molar-refractivity contribution in [3.05, 3.63) is 47.3 Å². The Kier molecular flexibility index (Phi) is 1.61. The highest BCUT2D eigenvalue weighted by molar-refractivity contribution is 9.10. The molecule has 0 atom stereocenters. The molecule has 0 N–H and O–H groups in total. The summed E-state index contributed by atoms with van der Waals surface area (Å²) in [7, 11) is 0. The third-order valence-corrected chi connectivity index (χ3v) is 2.67. The first-order chi connectivity index (χ1) is 6.83. The number of halogens is 1. The van der Waals surface area contributed by atoms with Crippen LogP contribution in [0.15, 0.2) is 47.3 Å². The van der Waals surface area contributed by atoms with Crippen molar-refractivity contribution in [2.75, 3.05) is 0 Å². The first-order valence-electron chi connectivity index (χ1n) is 4.36. The number of hydrogen-bond donors (Lipinski definition) is 0. The quantitative estimate of drug-likeness (QED) is 0.596. The molecular formula is C11H7BrN2.